The summed E-state index contributed by atoms with van der Waals surface area (Å²) in [5, 5.41) is 9.48. The molecule has 0 amide bonds. The number of carboxylic acid groups (broad SMARTS) is 1. The Morgan fingerprint density at radius 1 is 0.812 bits per heavy atom. The van der Waals surface area contributed by atoms with E-state index in [0.29, 0.717) is 23.4 Å². The lowest BCUT2D eigenvalue weighted by Crippen LogP contribution is -2.15. The Bertz CT molecular complexity index is 1080. The number of aromatic carboxylic acids is 1. The van der Waals surface area contributed by atoms with E-state index in [2.05, 4.69) is 11.9 Å². The van der Waals surface area contributed by atoms with E-state index in [1.165, 1.54) is 6.07 Å². The summed E-state index contributed by atoms with van der Waals surface area (Å²) in [7, 11) is 0. The van der Waals surface area contributed by atoms with Crippen LogP contribution in [0, 0.1) is 0 Å². The molecule has 3 rings (SSSR count). The van der Waals surface area contributed by atoms with Gasteiger partial charge in [0.2, 0.25) is 5.78 Å². The van der Waals surface area contributed by atoms with Gasteiger partial charge in [-0.2, -0.15) is 0 Å². The highest BCUT2D eigenvalue weighted by Gasteiger charge is 2.17. The lowest BCUT2D eigenvalue weighted by atomic mass is 10.0. The fraction of sp³-hybridized carbons (Fsp3) is 0.222. The Morgan fingerprint density at radius 3 is 2.16 bits per heavy atom. The van der Waals surface area contributed by atoms with Gasteiger partial charge in [0, 0.05) is 15.4 Å². The molecular formula is C27H27NO3S. The fourth-order valence-corrected chi connectivity index (χ4v) is 4.14. The molecule has 0 spiro atoms. The van der Waals surface area contributed by atoms with Crippen molar-refractivity contribution in [3.63, 3.8) is 0 Å². The topological polar surface area (TPSA) is 66.7 Å². The molecule has 1 N–H and O–H groups in total. The molecule has 0 bridgehead atoms. The van der Waals surface area contributed by atoms with E-state index < -0.39 is 5.97 Å². The maximum Gasteiger partial charge on any atom is 0.337 e. The average Bonchev–Trinajstić information content (AvgIpc) is 2.82. The normalized spacial score (nSPS) is 11.3. The van der Waals surface area contributed by atoms with Crippen molar-refractivity contribution < 1.29 is 14.7 Å². The number of aliphatic imine (C=N–C) groups is 1. The van der Waals surface area contributed by atoms with Crippen molar-refractivity contribution >= 4 is 34.9 Å². The quantitative estimate of drug-likeness (QED) is 0.189. The second-order valence-corrected chi connectivity index (χ2v) is 8.61. The molecule has 5 heteroatoms. The zero-order valence-corrected chi connectivity index (χ0v) is 19.0. The molecular weight excluding hydrogens is 418 g/mol. The first-order chi connectivity index (χ1) is 15.6. The maximum atomic E-state index is 13.3. The first kappa shape index (κ1) is 23.5. The third-order valence-electron chi connectivity index (χ3n) is 5.01. The lowest BCUT2D eigenvalue weighted by molar-refractivity contribution is 0.0697. The molecule has 0 saturated carbocycles. The van der Waals surface area contributed by atoms with Gasteiger partial charge in [-0.1, -0.05) is 68.3 Å². The van der Waals surface area contributed by atoms with E-state index in [-0.39, 0.29) is 11.3 Å². The van der Waals surface area contributed by atoms with Crippen molar-refractivity contribution in [1.29, 1.82) is 0 Å². The predicted octanol–water partition coefficient (Wildman–Crippen LogP) is 7.46. The van der Waals surface area contributed by atoms with E-state index in [1.807, 2.05) is 54.6 Å². The Morgan fingerprint density at radius 2 is 1.47 bits per heavy atom. The van der Waals surface area contributed by atoms with Crippen LogP contribution in [0.3, 0.4) is 0 Å². The molecule has 0 aliphatic rings. The summed E-state index contributed by atoms with van der Waals surface area (Å²) in [6.45, 7) is 2.14. The second kappa shape index (κ2) is 12.0. The van der Waals surface area contributed by atoms with Gasteiger partial charge in [-0.15, -0.1) is 0 Å². The molecule has 0 heterocycles. The number of nitrogens with zero attached hydrogens (tertiary/aromatic N) is 1. The summed E-state index contributed by atoms with van der Waals surface area (Å²) in [5.74, 6) is -1.21. The third-order valence-corrected chi connectivity index (χ3v) is 6.03. The monoisotopic (exact) mass is 445 g/mol. The number of para-hydroxylation sites is 1. The number of carbonyl (C=O) groups excluding carboxylic acids is 1. The third kappa shape index (κ3) is 6.66. The number of carbonyl (C=O) groups is 2. The van der Waals surface area contributed by atoms with Crippen LogP contribution in [0.4, 0.5) is 5.69 Å². The molecule has 164 valence electrons. The van der Waals surface area contributed by atoms with Crippen molar-refractivity contribution in [1.82, 2.24) is 0 Å². The van der Waals surface area contributed by atoms with Gasteiger partial charge in [0.1, 0.15) is 0 Å². The Labute approximate surface area is 193 Å². The van der Waals surface area contributed by atoms with Crippen LogP contribution in [-0.4, -0.2) is 22.6 Å². The maximum absolute atomic E-state index is 13.3. The second-order valence-electron chi connectivity index (χ2n) is 7.46. The smallest absolute Gasteiger partial charge is 0.337 e. The van der Waals surface area contributed by atoms with Gasteiger partial charge < -0.3 is 5.11 Å². The number of hydrogen-bond acceptors (Lipinski definition) is 4. The van der Waals surface area contributed by atoms with E-state index in [9.17, 15) is 14.7 Å². The minimum Gasteiger partial charge on any atom is -0.478 e. The molecule has 0 unspecified atom stereocenters. The summed E-state index contributed by atoms with van der Waals surface area (Å²) in [5.41, 5.74) is 1.37. The summed E-state index contributed by atoms with van der Waals surface area (Å²) >= 11 is 1.64. The van der Waals surface area contributed by atoms with Crippen molar-refractivity contribution in [2.45, 2.75) is 48.8 Å². The molecule has 0 aromatic heterocycles. The summed E-state index contributed by atoms with van der Waals surface area (Å²) < 4.78 is 0. The highest BCUT2D eigenvalue weighted by Crippen LogP contribution is 2.28. The van der Waals surface area contributed by atoms with Gasteiger partial charge in [-0.05, 0) is 61.4 Å². The summed E-state index contributed by atoms with van der Waals surface area (Å²) in [4.78, 5) is 31.6. The van der Waals surface area contributed by atoms with Crippen molar-refractivity contribution in [3.8, 4) is 0 Å². The van der Waals surface area contributed by atoms with Crippen LogP contribution in [0.2, 0.25) is 0 Å². The highest BCUT2D eigenvalue weighted by atomic mass is 32.2. The molecule has 32 heavy (non-hydrogen) atoms. The molecule has 0 saturated heterocycles. The number of carboxylic acids is 1. The van der Waals surface area contributed by atoms with E-state index in [1.54, 1.807) is 30.0 Å². The van der Waals surface area contributed by atoms with E-state index in [0.717, 1.165) is 35.5 Å². The SMILES string of the molecule is CCCCCC/C(=N\c1ccccc1C(=O)O)C(=O)c1ccc(Sc2ccccc2)cc1. The minimum absolute atomic E-state index is 0.0981. The number of ketones is 1. The molecule has 4 nitrogen and oxygen atoms in total. The van der Waals surface area contributed by atoms with E-state index >= 15 is 0 Å². The van der Waals surface area contributed by atoms with Gasteiger partial charge in [-0.25, -0.2) is 9.79 Å². The van der Waals surface area contributed by atoms with Gasteiger partial charge in [0.15, 0.2) is 0 Å². The van der Waals surface area contributed by atoms with Crippen LogP contribution in [0.1, 0.15) is 59.7 Å². The minimum atomic E-state index is -1.05. The Hall–Kier alpha value is -3.18. The van der Waals surface area contributed by atoms with Crippen LogP contribution < -0.4 is 0 Å². The van der Waals surface area contributed by atoms with Crippen LogP contribution in [0.15, 0.2) is 93.6 Å². The molecule has 0 fully saturated rings. The number of hydrogen-bond donors (Lipinski definition) is 1. The zero-order valence-electron chi connectivity index (χ0n) is 18.2. The number of unbranched alkanes of at least 4 members (excludes halogenated alkanes) is 3. The molecule has 3 aromatic rings. The molecule has 0 aliphatic heterocycles. The number of benzene rings is 3. The lowest BCUT2D eigenvalue weighted by Gasteiger charge is -2.09. The van der Waals surface area contributed by atoms with Crippen LogP contribution >= 0.6 is 11.8 Å². The van der Waals surface area contributed by atoms with Crippen molar-refractivity contribution in [2.75, 3.05) is 0 Å². The van der Waals surface area contributed by atoms with Crippen LogP contribution in [0.25, 0.3) is 0 Å². The first-order valence-corrected chi connectivity index (χ1v) is 11.7. The molecule has 0 radical (unpaired) electrons. The summed E-state index contributed by atoms with van der Waals surface area (Å²) in [6.07, 6.45) is 4.57. The molecule has 0 aliphatic carbocycles. The number of rotatable bonds is 11. The zero-order chi connectivity index (χ0) is 22.8. The van der Waals surface area contributed by atoms with Crippen LogP contribution in [0.5, 0.6) is 0 Å². The molecule has 3 aromatic carbocycles. The highest BCUT2D eigenvalue weighted by molar-refractivity contribution is 7.99. The largest absolute Gasteiger partial charge is 0.478 e. The average molecular weight is 446 g/mol. The van der Waals surface area contributed by atoms with Gasteiger partial charge in [-0.3, -0.25) is 4.79 Å². The van der Waals surface area contributed by atoms with Gasteiger partial charge in [0.25, 0.3) is 0 Å². The summed E-state index contributed by atoms with van der Waals surface area (Å²) in [6, 6.07) is 24.1. The Kier molecular flexibility index (Phi) is 8.81. The molecule has 0 atom stereocenters. The van der Waals surface area contributed by atoms with Gasteiger partial charge in [0.05, 0.1) is 17.0 Å². The van der Waals surface area contributed by atoms with Crippen LogP contribution in [-0.2, 0) is 0 Å². The van der Waals surface area contributed by atoms with E-state index in [4.69, 9.17) is 0 Å². The standard InChI is InChI=1S/C27H27NO3S/c1-2-3-4-8-15-25(28-24-14-10-9-13-23(24)27(30)31)26(29)20-16-18-22(19-17-20)32-21-11-6-5-7-12-21/h5-7,9-14,16-19H,2-4,8,15H2,1H3,(H,30,31)/b28-25+. The van der Waals surface area contributed by atoms with Gasteiger partial charge >= 0.3 is 5.97 Å². The first-order valence-electron chi connectivity index (χ1n) is 10.9. The van der Waals surface area contributed by atoms with Crippen molar-refractivity contribution in [2.24, 2.45) is 4.99 Å². The number of Topliss-reactive ketones (excluding diaryl/α,β-unsaturated/α-hetero) is 1. The predicted molar refractivity (Wildman–Crippen MR) is 131 cm³/mol. The fourth-order valence-electron chi connectivity index (χ4n) is 3.30. The Balaban J connectivity index is 1.84. The van der Waals surface area contributed by atoms with Crippen molar-refractivity contribution in [3.05, 3.63) is 90.0 Å².